The molecule has 2 aromatic rings. The number of hydrogen-bond acceptors (Lipinski definition) is 5. The number of nitrogens with zero attached hydrogens (tertiary/aromatic N) is 4. The van der Waals surface area contributed by atoms with E-state index in [0.29, 0.717) is 6.54 Å². The number of amides is 1. The van der Waals surface area contributed by atoms with Crippen LogP contribution < -0.4 is 5.32 Å². The molecule has 1 aliphatic rings. The van der Waals surface area contributed by atoms with Gasteiger partial charge in [0.05, 0.1) is 19.3 Å². The van der Waals surface area contributed by atoms with Gasteiger partial charge in [0.15, 0.2) is 0 Å². The molecule has 1 aliphatic heterocycles. The van der Waals surface area contributed by atoms with E-state index in [-0.39, 0.29) is 18.0 Å². The molecule has 2 atom stereocenters. The van der Waals surface area contributed by atoms with E-state index in [9.17, 15) is 4.79 Å². The number of hydrogen-bond donors (Lipinski definition) is 1. The molecule has 24 heavy (non-hydrogen) atoms. The quantitative estimate of drug-likeness (QED) is 0.857. The summed E-state index contributed by atoms with van der Waals surface area (Å²) in [5, 5.41) is 7.09. The van der Waals surface area contributed by atoms with E-state index >= 15 is 0 Å². The molecule has 128 valence electrons. The van der Waals surface area contributed by atoms with Crippen LogP contribution in [0.15, 0.2) is 43.0 Å². The molecule has 1 aromatic heterocycles. The van der Waals surface area contributed by atoms with Crippen LogP contribution in [0.3, 0.4) is 0 Å². The summed E-state index contributed by atoms with van der Waals surface area (Å²) in [5.41, 5.74) is 1.20. The van der Waals surface area contributed by atoms with Crippen LogP contribution in [0.4, 0.5) is 0 Å². The summed E-state index contributed by atoms with van der Waals surface area (Å²) in [7, 11) is 0. The zero-order valence-electron chi connectivity index (χ0n) is 13.8. The molecule has 3 rings (SSSR count). The first-order chi connectivity index (χ1) is 11.8. The maximum absolute atomic E-state index is 12.4. The Morgan fingerprint density at radius 2 is 2.04 bits per heavy atom. The number of rotatable bonds is 6. The highest BCUT2D eigenvalue weighted by Gasteiger charge is 2.24. The van der Waals surface area contributed by atoms with Crippen molar-refractivity contribution in [1.82, 2.24) is 25.0 Å². The Morgan fingerprint density at radius 1 is 1.29 bits per heavy atom. The van der Waals surface area contributed by atoms with Crippen molar-refractivity contribution < 1.29 is 9.53 Å². The third kappa shape index (κ3) is 3.98. The molecule has 0 saturated carbocycles. The molecule has 1 aromatic carbocycles. The van der Waals surface area contributed by atoms with E-state index in [4.69, 9.17) is 4.74 Å². The zero-order valence-corrected chi connectivity index (χ0v) is 13.8. The van der Waals surface area contributed by atoms with E-state index in [2.05, 4.69) is 32.4 Å². The molecule has 0 unspecified atom stereocenters. The summed E-state index contributed by atoms with van der Waals surface area (Å²) in [6.07, 6.45) is 2.99. The number of benzene rings is 1. The predicted molar refractivity (Wildman–Crippen MR) is 89.3 cm³/mol. The van der Waals surface area contributed by atoms with Crippen LogP contribution in [-0.4, -0.2) is 58.4 Å². The minimum atomic E-state index is -0.381. The van der Waals surface area contributed by atoms with Gasteiger partial charge in [0.25, 0.3) is 0 Å². The largest absolute Gasteiger partial charge is 0.379 e. The molecule has 0 bridgehead atoms. The second kappa shape index (κ2) is 8.03. The van der Waals surface area contributed by atoms with Crippen LogP contribution in [0.5, 0.6) is 0 Å². The zero-order chi connectivity index (χ0) is 16.8. The smallest absolute Gasteiger partial charge is 0.244 e. The maximum Gasteiger partial charge on any atom is 0.244 e. The van der Waals surface area contributed by atoms with Gasteiger partial charge in [0, 0.05) is 19.6 Å². The van der Waals surface area contributed by atoms with Crippen molar-refractivity contribution in [1.29, 1.82) is 0 Å². The first-order valence-corrected chi connectivity index (χ1v) is 8.24. The lowest BCUT2D eigenvalue weighted by molar-refractivity contribution is -0.124. The van der Waals surface area contributed by atoms with E-state index in [0.717, 1.165) is 26.3 Å². The molecule has 1 saturated heterocycles. The number of carbonyl (C=O) groups is 1. The summed E-state index contributed by atoms with van der Waals surface area (Å²) in [4.78, 5) is 18.7. The standard InChI is InChI=1S/C17H23N5O2/c1-14(22-13-18-12-20-22)17(23)19-11-16(15-5-3-2-4-6-15)21-7-9-24-10-8-21/h2-6,12-14,16H,7-11H2,1H3,(H,19,23)/t14-,16+/m1/s1. The topological polar surface area (TPSA) is 72.3 Å². The number of nitrogens with one attached hydrogen (secondary N) is 1. The normalized spacial score (nSPS) is 18.0. The molecule has 7 heteroatoms. The molecule has 0 aliphatic carbocycles. The van der Waals surface area contributed by atoms with Gasteiger partial charge in [-0.15, -0.1) is 0 Å². The van der Waals surface area contributed by atoms with Crippen molar-refractivity contribution in [3.8, 4) is 0 Å². The van der Waals surface area contributed by atoms with Gasteiger partial charge in [-0.05, 0) is 12.5 Å². The highest BCUT2D eigenvalue weighted by atomic mass is 16.5. The van der Waals surface area contributed by atoms with Crippen molar-refractivity contribution in [2.75, 3.05) is 32.8 Å². The van der Waals surface area contributed by atoms with Crippen LogP contribution in [0.2, 0.25) is 0 Å². The Balaban J connectivity index is 1.66. The average Bonchev–Trinajstić information content (AvgIpc) is 3.17. The average molecular weight is 329 g/mol. The van der Waals surface area contributed by atoms with E-state index in [1.54, 1.807) is 11.0 Å². The third-order valence-electron chi connectivity index (χ3n) is 4.35. The summed E-state index contributed by atoms with van der Waals surface area (Å²) in [5.74, 6) is -0.0605. The van der Waals surface area contributed by atoms with Crippen LogP contribution in [0.25, 0.3) is 0 Å². The van der Waals surface area contributed by atoms with Crippen LogP contribution >= 0.6 is 0 Å². The molecule has 7 nitrogen and oxygen atoms in total. The fraction of sp³-hybridized carbons (Fsp3) is 0.471. The van der Waals surface area contributed by atoms with Crippen LogP contribution in [-0.2, 0) is 9.53 Å². The maximum atomic E-state index is 12.4. The van der Waals surface area contributed by atoms with E-state index in [1.165, 1.54) is 11.9 Å². The summed E-state index contributed by atoms with van der Waals surface area (Å²) >= 11 is 0. The molecule has 0 radical (unpaired) electrons. The fourth-order valence-corrected chi connectivity index (χ4v) is 2.90. The van der Waals surface area contributed by atoms with Crippen molar-refractivity contribution in [2.24, 2.45) is 0 Å². The monoisotopic (exact) mass is 329 g/mol. The fourth-order valence-electron chi connectivity index (χ4n) is 2.90. The molecular weight excluding hydrogens is 306 g/mol. The number of ether oxygens (including phenoxy) is 1. The lowest BCUT2D eigenvalue weighted by Gasteiger charge is -2.35. The highest BCUT2D eigenvalue weighted by molar-refractivity contribution is 5.79. The Hall–Kier alpha value is -2.25. The molecule has 1 fully saturated rings. The van der Waals surface area contributed by atoms with Crippen LogP contribution in [0, 0.1) is 0 Å². The number of carbonyl (C=O) groups excluding carboxylic acids is 1. The summed E-state index contributed by atoms with van der Waals surface area (Å²) in [6.45, 7) is 5.57. The third-order valence-corrected chi connectivity index (χ3v) is 4.35. The van der Waals surface area contributed by atoms with Gasteiger partial charge in [0.1, 0.15) is 18.7 Å². The minimum Gasteiger partial charge on any atom is -0.379 e. The second-order valence-electron chi connectivity index (χ2n) is 5.87. The molecular formula is C17H23N5O2. The van der Waals surface area contributed by atoms with Crippen molar-refractivity contribution in [3.63, 3.8) is 0 Å². The molecule has 2 heterocycles. The molecule has 1 amide bonds. The first kappa shape index (κ1) is 16.6. The van der Waals surface area contributed by atoms with Gasteiger partial charge >= 0.3 is 0 Å². The Labute approximate surface area is 141 Å². The molecule has 1 N–H and O–H groups in total. The number of morpholine rings is 1. The SMILES string of the molecule is C[C@H](C(=O)NC[C@@H](c1ccccc1)N1CCOCC1)n1cncn1. The van der Waals surface area contributed by atoms with Crippen molar-refractivity contribution >= 4 is 5.91 Å². The van der Waals surface area contributed by atoms with Crippen LogP contribution in [0.1, 0.15) is 24.6 Å². The predicted octanol–water partition coefficient (Wildman–Crippen LogP) is 1.03. The van der Waals surface area contributed by atoms with Gasteiger partial charge in [-0.2, -0.15) is 5.10 Å². The van der Waals surface area contributed by atoms with E-state index < -0.39 is 0 Å². The number of aromatic nitrogens is 3. The van der Waals surface area contributed by atoms with Gasteiger partial charge in [0.2, 0.25) is 5.91 Å². The van der Waals surface area contributed by atoms with Gasteiger partial charge in [-0.3, -0.25) is 9.69 Å². The summed E-state index contributed by atoms with van der Waals surface area (Å²) in [6, 6.07) is 10.0. The highest BCUT2D eigenvalue weighted by Crippen LogP contribution is 2.21. The summed E-state index contributed by atoms with van der Waals surface area (Å²) < 4.78 is 7.01. The van der Waals surface area contributed by atoms with Gasteiger partial charge in [-0.25, -0.2) is 9.67 Å². The second-order valence-corrected chi connectivity index (χ2v) is 5.87. The minimum absolute atomic E-state index is 0.0605. The van der Waals surface area contributed by atoms with E-state index in [1.807, 2.05) is 25.1 Å². The van der Waals surface area contributed by atoms with Crippen molar-refractivity contribution in [2.45, 2.75) is 19.0 Å². The van der Waals surface area contributed by atoms with Gasteiger partial charge in [-0.1, -0.05) is 30.3 Å². The Bertz CT molecular complexity index is 626. The molecule has 0 spiro atoms. The lowest BCUT2D eigenvalue weighted by Crippen LogP contribution is -2.44. The van der Waals surface area contributed by atoms with Crippen molar-refractivity contribution in [3.05, 3.63) is 48.5 Å². The lowest BCUT2D eigenvalue weighted by atomic mass is 10.0. The Kier molecular flexibility index (Phi) is 5.55. The Morgan fingerprint density at radius 3 is 2.71 bits per heavy atom. The first-order valence-electron chi connectivity index (χ1n) is 8.24. The van der Waals surface area contributed by atoms with Gasteiger partial charge < -0.3 is 10.1 Å².